The molecule has 0 saturated carbocycles. The van der Waals surface area contributed by atoms with Crippen molar-refractivity contribution in [2.24, 2.45) is 4.99 Å². The van der Waals surface area contributed by atoms with Gasteiger partial charge in [-0.25, -0.2) is 19.7 Å². The zero-order valence-corrected chi connectivity index (χ0v) is 8.26. The van der Waals surface area contributed by atoms with Gasteiger partial charge in [-0.15, -0.1) is 0 Å². The van der Waals surface area contributed by atoms with Crippen LogP contribution in [0.5, 0.6) is 0 Å². The Kier molecular flexibility index (Phi) is 1.93. The molecule has 4 heteroatoms. The molecule has 1 aliphatic heterocycles. The van der Waals surface area contributed by atoms with Crippen molar-refractivity contribution in [3.8, 4) is 0 Å². The molecule has 0 aliphatic carbocycles. The summed E-state index contributed by atoms with van der Waals surface area (Å²) in [7, 11) is 0. The molecule has 1 radical (unpaired) electrons. The van der Waals surface area contributed by atoms with Gasteiger partial charge < -0.3 is 0 Å². The first-order chi connectivity index (χ1) is 7.83. The number of aromatic nitrogens is 1. The van der Waals surface area contributed by atoms with Gasteiger partial charge >= 0.3 is 0 Å². The van der Waals surface area contributed by atoms with E-state index in [9.17, 15) is 4.39 Å². The van der Waals surface area contributed by atoms with E-state index in [-0.39, 0.29) is 5.82 Å². The summed E-state index contributed by atoms with van der Waals surface area (Å²) in [5, 5.41) is 4.24. The van der Waals surface area contributed by atoms with Crippen molar-refractivity contribution in [3.63, 3.8) is 0 Å². The lowest BCUT2D eigenvalue weighted by Crippen LogP contribution is -2.08. The van der Waals surface area contributed by atoms with Gasteiger partial charge in [0.1, 0.15) is 11.5 Å². The van der Waals surface area contributed by atoms with Gasteiger partial charge in [0.05, 0.1) is 0 Å². The fourth-order valence-electron chi connectivity index (χ4n) is 1.56. The molecule has 0 bridgehead atoms. The van der Waals surface area contributed by atoms with Crippen LogP contribution in [0.3, 0.4) is 0 Å². The Morgan fingerprint density at radius 3 is 2.81 bits per heavy atom. The van der Waals surface area contributed by atoms with E-state index in [4.69, 9.17) is 0 Å². The highest BCUT2D eigenvalue weighted by molar-refractivity contribution is 6.06. The number of halogens is 1. The molecule has 2 heterocycles. The van der Waals surface area contributed by atoms with E-state index in [0.717, 1.165) is 5.69 Å². The molecule has 3 nitrogen and oxygen atoms in total. The van der Waals surface area contributed by atoms with Crippen LogP contribution in [0.25, 0.3) is 0 Å². The van der Waals surface area contributed by atoms with Crippen molar-refractivity contribution < 1.29 is 4.39 Å². The molecule has 0 saturated heterocycles. The summed E-state index contributed by atoms with van der Waals surface area (Å²) < 4.78 is 13.0. The van der Waals surface area contributed by atoms with Crippen LogP contribution in [0, 0.1) is 5.82 Å². The Morgan fingerprint density at radius 2 is 2.00 bits per heavy atom. The van der Waals surface area contributed by atoms with Gasteiger partial charge in [-0.1, -0.05) is 12.1 Å². The van der Waals surface area contributed by atoms with Crippen molar-refractivity contribution >= 4 is 17.3 Å². The van der Waals surface area contributed by atoms with E-state index >= 15 is 0 Å². The minimum absolute atomic E-state index is 0.292. The molecule has 0 atom stereocenters. The maximum absolute atomic E-state index is 13.0. The zero-order valence-electron chi connectivity index (χ0n) is 8.26. The number of aliphatic imine (C=N–C) groups is 1. The summed E-state index contributed by atoms with van der Waals surface area (Å²) in [4.78, 5) is 8.37. The minimum Gasteiger partial charge on any atom is -0.235 e. The fourth-order valence-corrected chi connectivity index (χ4v) is 1.56. The largest absolute Gasteiger partial charge is 0.235 e. The van der Waals surface area contributed by atoms with Gasteiger partial charge in [-0.3, -0.25) is 0 Å². The van der Waals surface area contributed by atoms with Crippen molar-refractivity contribution in [1.29, 1.82) is 0 Å². The van der Waals surface area contributed by atoms with Crippen LogP contribution in [-0.4, -0.2) is 10.8 Å². The average Bonchev–Trinajstić information content (AvgIpc) is 2.72. The van der Waals surface area contributed by atoms with E-state index in [1.54, 1.807) is 24.4 Å². The predicted octanol–water partition coefficient (Wildman–Crippen LogP) is 2.55. The number of pyridine rings is 1. The predicted molar refractivity (Wildman–Crippen MR) is 58.6 cm³/mol. The Hall–Kier alpha value is -2.23. The number of amidine groups is 1. The Balaban J connectivity index is 2.02. The van der Waals surface area contributed by atoms with Gasteiger partial charge in [0, 0.05) is 11.8 Å². The van der Waals surface area contributed by atoms with Gasteiger partial charge in [-0.05, 0) is 24.3 Å². The maximum atomic E-state index is 13.0. The summed E-state index contributed by atoms with van der Waals surface area (Å²) in [5.41, 5.74) is 1.39. The van der Waals surface area contributed by atoms with Crippen LogP contribution in [0.2, 0.25) is 0 Å². The second-order valence-corrected chi connectivity index (χ2v) is 3.40. The standard InChI is InChI=1S/C12H7FN3/c13-9-4-1-3-8(7-9)11-15-10-5-2-6-14-12(10)16-11/h1-7H. The molecule has 1 aromatic heterocycles. The molecule has 0 fully saturated rings. The molecular formula is C12H7FN3. The second-order valence-electron chi connectivity index (χ2n) is 3.40. The monoisotopic (exact) mass is 212 g/mol. The molecule has 0 spiro atoms. The van der Waals surface area contributed by atoms with E-state index < -0.39 is 0 Å². The Labute approximate surface area is 91.7 Å². The van der Waals surface area contributed by atoms with E-state index in [1.165, 1.54) is 12.1 Å². The van der Waals surface area contributed by atoms with Crippen molar-refractivity contribution in [3.05, 3.63) is 54.0 Å². The Bertz CT molecular complexity index is 578. The number of hydrogen-bond acceptors (Lipinski definition) is 2. The first-order valence-corrected chi connectivity index (χ1v) is 4.84. The van der Waals surface area contributed by atoms with Crippen LogP contribution in [-0.2, 0) is 0 Å². The van der Waals surface area contributed by atoms with Crippen molar-refractivity contribution in [2.75, 3.05) is 0 Å². The highest BCUT2D eigenvalue weighted by Crippen LogP contribution is 2.28. The second kappa shape index (κ2) is 3.41. The number of hydrogen-bond donors (Lipinski definition) is 0. The summed E-state index contributed by atoms with van der Waals surface area (Å²) in [6.07, 6.45) is 1.66. The quantitative estimate of drug-likeness (QED) is 0.715. The zero-order chi connectivity index (χ0) is 11.0. The molecular weight excluding hydrogens is 205 g/mol. The summed E-state index contributed by atoms with van der Waals surface area (Å²) in [5.74, 6) is 0.800. The molecule has 2 aromatic rings. The number of benzene rings is 1. The third-order valence-corrected chi connectivity index (χ3v) is 2.29. The van der Waals surface area contributed by atoms with E-state index in [1.807, 2.05) is 6.07 Å². The third-order valence-electron chi connectivity index (χ3n) is 2.29. The lowest BCUT2D eigenvalue weighted by atomic mass is 10.2. The highest BCUT2D eigenvalue weighted by atomic mass is 19.1. The molecule has 0 unspecified atom stereocenters. The van der Waals surface area contributed by atoms with Gasteiger partial charge in [0.15, 0.2) is 11.7 Å². The smallest absolute Gasteiger partial charge is 0.180 e. The lowest BCUT2D eigenvalue weighted by molar-refractivity contribution is 0.627. The molecule has 16 heavy (non-hydrogen) atoms. The van der Waals surface area contributed by atoms with Crippen LogP contribution in [0.1, 0.15) is 5.56 Å². The van der Waals surface area contributed by atoms with Crippen LogP contribution < -0.4 is 5.32 Å². The van der Waals surface area contributed by atoms with Crippen LogP contribution >= 0.6 is 0 Å². The molecule has 0 N–H and O–H groups in total. The SMILES string of the molecule is Fc1cccc(C2=Nc3cccnc3[N]2)c1. The lowest BCUT2D eigenvalue weighted by Gasteiger charge is -1.98. The average molecular weight is 212 g/mol. The molecule has 1 aliphatic rings. The van der Waals surface area contributed by atoms with E-state index in [2.05, 4.69) is 15.3 Å². The first-order valence-electron chi connectivity index (χ1n) is 4.84. The summed E-state index contributed by atoms with van der Waals surface area (Å²) >= 11 is 0. The van der Waals surface area contributed by atoms with Gasteiger partial charge in [0.2, 0.25) is 0 Å². The molecule has 77 valence electrons. The topological polar surface area (TPSA) is 39.4 Å². The highest BCUT2D eigenvalue weighted by Gasteiger charge is 2.17. The van der Waals surface area contributed by atoms with Gasteiger partial charge in [0.25, 0.3) is 0 Å². The normalized spacial score (nSPS) is 12.9. The maximum Gasteiger partial charge on any atom is 0.180 e. The summed E-state index contributed by atoms with van der Waals surface area (Å²) in [6, 6.07) is 9.85. The third kappa shape index (κ3) is 1.44. The fraction of sp³-hybridized carbons (Fsp3) is 0. The number of nitrogens with zero attached hydrogens (tertiary/aromatic N) is 3. The van der Waals surface area contributed by atoms with Crippen LogP contribution in [0.15, 0.2) is 47.6 Å². The Morgan fingerprint density at radius 1 is 1.06 bits per heavy atom. The summed E-state index contributed by atoms with van der Waals surface area (Å²) in [6.45, 7) is 0. The first kappa shape index (κ1) is 9.03. The van der Waals surface area contributed by atoms with Gasteiger partial charge in [-0.2, -0.15) is 0 Å². The van der Waals surface area contributed by atoms with Crippen molar-refractivity contribution in [1.82, 2.24) is 10.3 Å². The molecule has 1 aromatic carbocycles. The molecule has 3 rings (SSSR count). The number of fused-ring (bicyclic) bond motifs is 1. The van der Waals surface area contributed by atoms with Crippen LogP contribution in [0.4, 0.5) is 15.9 Å². The number of rotatable bonds is 1. The van der Waals surface area contributed by atoms with E-state index in [0.29, 0.717) is 17.2 Å². The molecule has 0 amide bonds. The van der Waals surface area contributed by atoms with Crippen molar-refractivity contribution in [2.45, 2.75) is 0 Å². The minimum atomic E-state index is -0.292.